The van der Waals surface area contributed by atoms with Gasteiger partial charge < -0.3 is 15.4 Å². The highest BCUT2D eigenvalue weighted by Gasteiger charge is 2.32. The van der Waals surface area contributed by atoms with E-state index in [0.717, 1.165) is 44.8 Å². The molecule has 1 aliphatic heterocycles. The SMILES string of the molecule is COc1cc2c(cc1/C=C1\C(C)=C(C#N)c3nc(N)c(C#N)c(C)c31)C(C)=CC(C)(C)N2C. The van der Waals surface area contributed by atoms with Crippen LogP contribution in [0.1, 0.15) is 61.2 Å². The molecule has 2 N–H and O–H groups in total. The minimum absolute atomic E-state index is 0.107. The largest absolute Gasteiger partial charge is 0.496 e. The Morgan fingerprint density at radius 1 is 1.15 bits per heavy atom. The van der Waals surface area contributed by atoms with Gasteiger partial charge in [-0.2, -0.15) is 10.5 Å². The summed E-state index contributed by atoms with van der Waals surface area (Å²) in [4.78, 5) is 6.66. The third-order valence-corrected chi connectivity index (χ3v) is 6.85. The molecule has 0 unspecified atom stereocenters. The van der Waals surface area contributed by atoms with Crippen molar-refractivity contribution in [2.24, 2.45) is 0 Å². The molecule has 2 aromatic rings. The van der Waals surface area contributed by atoms with Gasteiger partial charge in [-0.15, -0.1) is 0 Å². The number of likely N-dealkylation sites (N-methyl/N-ethyl adjacent to an activating group) is 1. The van der Waals surface area contributed by atoms with Crippen molar-refractivity contribution in [3.63, 3.8) is 0 Å². The first-order valence-corrected chi connectivity index (χ1v) is 10.7. The summed E-state index contributed by atoms with van der Waals surface area (Å²) in [5.41, 5.74) is 14.8. The number of nitrogens with zero attached hydrogens (tertiary/aromatic N) is 4. The number of hydrogen-bond donors (Lipinski definition) is 1. The topological polar surface area (TPSA) is 99.0 Å². The fraction of sp³-hybridized carbons (Fsp3) is 0.296. The maximum absolute atomic E-state index is 9.83. The van der Waals surface area contributed by atoms with Gasteiger partial charge in [0.1, 0.15) is 23.7 Å². The summed E-state index contributed by atoms with van der Waals surface area (Å²) < 4.78 is 5.78. The summed E-state index contributed by atoms with van der Waals surface area (Å²) in [6.07, 6.45) is 4.29. The van der Waals surface area contributed by atoms with E-state index in [4.69, 9.17) is 10.5 Å². The fourth-order valence-electron chi connectivity index (χ4n) is 4.83. The zero-order valence-corrected chi connectivity index (χ0v) is 20.1. The van der Waals surface area contributed by atoms with E-state index < -0.39 is 0 Å². The predicted octanol–water partition coefficient (Wildman–Crippen LogP) is 5.34. The van der Waals surface area contributed by atoms with Crippen molar-refractivity contribution in [3.8, 4) is 17.9 Å². The molecule has 6 heteroatoms. The molecule has 33 heavy (non-hydrogen) atoms. The van der Waals surface area contributed by atoms with E-state index in [1.54, 1.807) is 7.11 Å². The van der Waals surface area contributed by atoms with Gasteiger partial charge in [-0.3, -0.25) is 0 Å². The molecule has 166 valence electrons. The molecule has 4 rings (SSSR count). The number of aromatic nitrogens is 1. The summed E-state index contributed by atoms with van der Waals surface area (Å²) in [5.74, 6) is 0.883. The summed E-state index contributed by atoms with van der Waals surface area (Å²) in [6.45, 7) is 10.2. The number of pyridine rings is 1. The zero-order valence-electron chi connectivity index (χ0n) is 20.1. The number of nitrogen functional groups attached to an aromatic ring is 1. The average molecular weight is 438 g/mol. The molecular weight excluding hydrogens is 410 g/mol. The van der Waals surface area contributed by atoms with Crippen LogP contribution in [0.4, 0.5) is 11.5 Å². The van der Waals surface area contributed by atoms with Crippen LogP contribution < -0.4 is 15.4 Å². The number of rotatable bonds is 2. The zero-order chi connectivity index (χ0) is 24.2. The summed E-state index contributed by atoms with van der Waals surface area (Å²) in [6, 6.07) is 8.61. The highest BCUT2D eigenvalue weighted by Crippen LogP contribution is 2.46. The molecule has 2 aliphatic rings. The molecule has 1 aromatic heterocycles. The van der Waals surface area contributed by atoms with Gasteiger partial charge in [0, 0.05) is 35.5 Å². The maximum atomic E-state index is 9.83. The van der Waals surface area contributed by atoms with E-state index in [1.165, 1.54) is 5.57 Å². The van der Waals surface area contributed by atoms with E-state index in [9.17, 15) is 10.5 Å². The lowest BCUT2D eigenvalue weighted by molar-refractivity contribution is 0.413. The first-order chi connectivity index (χ1) is 15.5. The Hall–Kier alpha value is -4.03. The van der Waals surface area contributed by atoms with Crippen molar-refractivity contribution in [2.45, 2.75) is 40.2 Å². The summed E-state index contributed by atoms with van der Waals surface area (Å²) in [5, 5.41) is 19.4. The number of ether oxygens (including phenoxy) is 1. The molecule has 0 spiro atoms. The molecular formula is C27H27N5O. The Morgan fingerprint density at radius 3 is 2.45 bits per heavy atom. The van der Waals surface area contributed by atoms with Crippen molar-refractivity contribution >= 4 is 34.3 Å². The Kier molecular flexibility index (Phi) is 5.06. The fourth-order valence-corrected chi connectivity index (χ4v) is 4.83. The number of hydrogen-bond acceptors (Lipinski definition) is 6. The molecule has 0 amide bonds. The van der Waals surface area contributed by atoms with Gasteiger partial charge in [-0.25, -0.2) is 4.98 Å². The molecule has 2 heterocycles. The van der Waals surface area contributed by atoms with Crippen LogP contribution in [0.25, 0.3) is 22.8 Å². The number of allylic oxidation sites excluding steroid dienone is 4. The predicted molar refractivity (Wildman–Crippen MR) is 133 cm³/mol. The number of nitriles is 2. The Labute approximate surface area is 194 Å². The molecule has 0 bridgehead atoms. The van der Waals surface area contributed by atoms with Crippen LogP contribution in [0.2, 0.25) is 0 Å². The number of anilines is 2. The van der Waals surface area contributed by atoms with Crippen LogP contribution in [-0.4, -0.2) is 24.7 Å². The normalized spacial score (nSPS) is 17.3. The van der Waals surface area contributed by atoms with Crippen molar-refractivity contribution in [3.05, 3.63) is 57.3 Å². The second-order valence-electron chi connectivity index (χ2n) is 9.15. The molecule has 0 saturated heterocycles. The lowest BCUT2D eigenvalue weighted by atomic mass is 9.87. The maximum Gasteiger partial charge on any atom is 0.142 e. The summed E-state index contributed by atoms with van der Waals surface area (Å²) >= 11 is 0. The van der Waals surface area contributed by atoms with E-state index in [-0.39, 0.29) is 11.4 Å². The lowest BCUT2D eigenvalue weighted by Gasteiger charge is -2.41. The smallest absolute Gasteiger partial charge is 0.142 e. The van der Waals surface area contributed by atoms with Crippen LogP contribution in [0.5, 0.6) is 5.75 Å². The van der Waals surface area contributed by atoms with E-state index in [0.29, 0.717) is 16.8 Å². The van der Waals surface area contributed by atoms with Gasteiger partial charge in [-0.1, -0.05) is 6.08 Å². The molecule has 0 fully saturated rings. The van der Waals surface area contributed by atoms with Crippen LogP contribution in [0.15, 0.2) is 23.8 Å². The number of benzene rings is 1. The van der Waals surface area contributed by atoms with E-state index in [1.807, 2.05) is 19.9 Å². The molecule has 0 radical (unpaired) electrons. The van der Waals surface area contributed by atoms with E-state index >= 15 is 0 Å². The van der Waals surface area contributed by atoms with Gasteiger partial charge in [0.2, 0.25) is 0 Å². The van der Waals surface area contributed by atoms with Crippen molar-refractivity contribution in [2.75, 3.05) is 24.8 Å². The van der Waals surface area contributed by atoms with Crippen LogP contribution in [0, 0.1) is 29.6 Å². The highest BCUT2D eigenvalue weighted by molar-refractivity contribution is 6.09. The Bertz CT molecular complexity index is 1390. The first-order valence-electron chi connectivity index (χ1n) is 10.7. The summed E-state index contributed by atoms with van der Waals surface area (Å²) in [7, 11) is 3.75. The monoisotopic (exact) mass is 437 g/mol. The molecule has 6 nitrogen and oxygen atoms in total. The van der Waals surface area contributed by atoms with Gasteiger partial charge >= 0.3 is 0 Å². The van der Waals surface area contributed by atoms with E-state index in [2.05, 4.69) is 68.0 Å². The lowest BCUT2D eigenvalue weighted by Crippen LogP contribution is -2.42. The second kappa shape index (κ2) is 7.53. The van der Waals surface area contributed by atoms with Crippen molar-refractivity contribution in [1.29, 1.82) is 10.5 Å². The van der Waals surface area contributed by atoms with Crippen LogP contribution in [0.3, 0.4) is 0 Å². The quantitative estimate of drug-likeness (QED) is 0.681. The second-order valence-corrected chi connectivity index (χ2v) is 9.15. The van der Waals surface area contributed by atoms with Crippen LogP contribution in [-0.2, 0) is 0 Å². The third-order valence-electron chi connectivity index (χ3n) is 6.85. The first kappa shape index (κ1) is 22.2. The third kappa shape index (κ3) is 3.18. The average Bonchev–Trinajstić information content (AvgIpc) is 3.02. The Balaban J connectivity index is 2.00. The molecule has 0 saturated carbocycles. The molecule has 1 aromatic carbocycles. The standard InChI is InChI=1S/C27H27N5O/c1-14-11-27(4,5)32(6)22-10-23(33-7)17(8-18(14)22)9-19-15(2)20(12-28)25-24(19)16(3)21(13-29)26(30)31-25/h8-11H,1-7H3,(H2,30,31)/b19-9+. The minimum Gasteiger partial charge on any atom is -0.496 e. The highest BCUT2D eigenvalue weighted by atomic mass is 16.5. The van der Waals surface area contributed by atoms with Crippen molar-refractivity contribution < 1.29 is 4.74 Å². The number of nitrogens with two attached hydrogens (primary N) is 1. The molecule has 0 atom stereocenters. The van der Waals surface area contributed by atoms with Gasteiger partial charge in [0.25, 0.3) is 0 Å². The number of fused-ring (bicyclic) bond motifs is 2. The van der Waals surface area contributed by atoms with Gasteiger partial charge in [-0.05, 0) is 69.0 Å². The minimum atomic E-state index is -0.107. The number of methoxy groups -OCH3 is 1. The van der Waals surface area contributed by atoms with Gasteiger partial charge in [0.05, 0.1) is 29.5 Å². The molecule has 1 aliphatic carbocycles. The van der Waals surface area contributed by atoms with Crippen LogP contribution >= 0.6 is 0 Å². The van der Waals surface area contributed by atoms with Gasteiger partial charge in [0.15, 0.2) is 0 Å². The Morgan fingerprint density at radius 2 is 1.85 bits per heavy atom. The van der Waals surface area contributed by atoms with Crippen molar-refractivity contribution in [1.82, 2.24) is 4.98 Å².